The van der Waals surface area contributed by atoms with E-state index < -0.39 is 0 Å². The average Bonchev–Trinajstić information content (AvgIpc) is 2.21. The third-order valence-corrected chi connectivity index (χ3v) is 2.74. The molecule has 1 rings (SSSR count). The van der Waals surface area contributed by atoms with Gasteiger partial charge in [-0.05, 0) is 18.1 Å². The van der Waals surface area contributed by atoms with Crippen LogP contribution in [-0.4, -0.2) is 16.2 Å². The Morgan fingerprint density at radius 3 is 2.50 bits per heavy atom. The Morgan fingerprint density at radius 1 is 1.29 bits per heavy atom. The molecule has 1 aromatic rings. The van der Waals surface area contributed by atoms with Gasteiger partial charge in [-0.25, -0.2) is 0 Å². The first kappa shape index (κ1) is 11.2. The molecular weight excluding hydrogens is 174 g/mol. The molecule has 1 atom stereocenters. The standard InChI is InChI=1S/C12H19NO/c1-3-10(4-2)12(14)9-11-7-5-6-8-13-11/h5-8,10,12,14H,3-4,9H2,1-2H3. The molecule has 0 aliphatic rings. The fourth-order valence-electron chi connectivity index (χ4n) is 1.73. The molecule has 1 N–H and O–H groups in total. The lowest BCUT2D eigenvalue weighted by molar-refractivity contribution is 0.102. The van der Waals surface area contributed by atoms with Gasteiger partial charge in [0.25, 0.3) is 0 Å². The van der Waals surface area contributed by atoms with Crippen LogP contribution in [0.4, 0.5) is 0 Å². The molecule has 0 radical (unpaired) electrons. The second-order valence-electron chi connectivity index (χ2n) is 3.67. The topological polar surface area (TPSA) is 33.1 Å². The second-order valence-corrected chi connectivity index (χ2v) is 3.67. The van der Waals surface area contributed by atoms with Gasteiger partial charge in [0.15, 0.2) is 0 Å². The molecule has 0 amide bonds. The van der Waals surface area contributed by atoms with Crippen molar-refractivity contribution in [1.82, 2.24) is 4.98 Å². The Morgan fingerprint density at radius 2 is 2.00 bits per heavy atom. The van der Waals surface area contributed by atoms with E-state index in [4.69, 9.17) is 0 Å². The Labute approximate surface area is 86.0 Å². The summed E-state index contributed by atoms with van der Waals surface area (Å²) in [4.78, 5) is 4.21. The molecule has 1 aromatic heterocycles. The summed E-state index contributed by atoms with van der Waals surface area (Å²) in [5.41, 5.74) is 0.979. The summed E-state index contributed by atoms with van der Waals surface area (Å²) in [7, 11) is 0. The second kappa shape index (κ2) is 5.76. The van der Waals surface area contributed by atoms with Gasteiger partial charge < -0.3 is 5.11 Å². The van der Waals surface area contributed by atoms with Crippen LogP contribution < -0.4 is 0 Å². The van der Waals surface area contributed by atoms with E-state index in [9.17, 15) is 5.11 Å². The molecule has 0 aliphatic carbocycles. The van der Waals surface area contributed by atoms with Gasteiger partial charge in [-0.2, -0.15) is 0 Å². The van der Waals surface area contributed by atoms with Crippen LogP contribution in [-0.2, 0) is 6.42 Å². The molecule has 0 saturated carbocycles. The number of pyridine rings is 1. The van der Waals surface area contributed by atoms with Crippen molar-refractivity contribution in [2.75, 3.05) is 0 Å². The highest BCUT2D eigenvalue weighted by Gasteiger charge is 2.15. The maximum atomic E-state index is 9.92. The van der Waals surface area contributed by atoms with Crippen LogP contribution in [0.1, 0.15) is 32.4 Å². The van der Waals surface area contributed by atoms with Crippen LogP contribution in [0.5, 0.6) is 0 Å². The van der Waals surface area contributed by atoms with Gasteiger partial charge in [-0.3, -0.25) is 4.98 Å². The van der Waals surface area contributed by atoms with E-state index >= 15 is 0 Å². The Balaban J connectivity index is 2.52. The maximum Gasteiger partial charge on any atom is 0.0623 e. The SMILES string of the molecule is CCC(CC)C(O)Cc1ccccn1. The van der Waals surface area contributed by atoms with Crippen molar-refractivity contribution < 1.29 is 5.11 Å². The molecule has 2 heteroatoms. The Kier molecular flexibility index (Phi) is 4.60. The third-order valence-electron chi connectivity index (χ3n) is 2.74. The smallest absolute Gasteiger partial charge is 0.0623 e. The zero-order chi connectivity index (χ0) is 10.4. The average molecular weight is 193 g/mol. The van der Waals surface area contributed by atoms with Crippen LogP contribution in [0, 0.1) is 5.92 Å². The number of aliphatic hydroxyl groups excluding tert-OH is 1. The quantitative estimate of drug-likeness (QED) is 0.779. The third kappa shape index (κ3) is 3.11. The van der Waals surface area contributed by atoms with E-state index in [1.165, 1.54) is 0 Å². The number of rotatable bonds is 5. The first-order valence-corrected chi connectivity index (χ1v) is 5.35. The number of aliphatic hydroxyl groups is 1. The number of hydrogen-bond donors (Lipinski definition) is 1. The lowest BCUT2D eigenvalue weighted by atomic mass is 9.93. The van der Waals surface area contributed by atoms with Gasteiger partial charge >= 0.3 is 0 Å². The lowest BCUT2D eigenvalue weighted by Crippen LogP contribution is -2.22. The van der Waals surface area contributed by atoms with Crippen LogP contribution in [0.3, 0.4) is 0 Å². The zero-order valence-electron chi connectivity index (χ0n) is 8.98. The number of hydrogen-bond acceptors (Lipinski definition) is 2. The van der Waals surface area contributed by atoms with Crippen LogP contribution in [0.15, 0.2) is 24.4 Å². The van der Waals surface area contributed by atoms with Crippen LogP contribution >= 0.6 is 0 Å². The van der Waals surface area contributed by atoms with Crippen molar-refractivity contribution in [1.29, 1.82) is 0 Å². The first-order valence-electron chi connectivity index (χ1n) is 5.35. The van der Waals surface area contributed by atoms with E-state index in [0.717, 1.165) is 18.5 Å². The minimum absolute atomic E-state index is 0.250. The van der Waals surface area contributed by atoms with Crippen molar-refractivity contribution in [3.63, 3.8) is 0 Å². The van der Waals surface area contributed by atoms with Gasteiger partial charge in [0.1, 0.15) is 0 Å². The molecule has 2 nitrogen and oxygen atoms in total. The van der Waals surface area contributed by atoms with Gasteiger partial charge in [-0.1, -0.05) is 32.8 Å². The lowest BCUT2D eigenvalue weighted by Gasteiger charge is -2.19. The van der Waals surface area contributed by atoms with Crippen molar-refractivity contribution >= 4 is 0 Å². The van der Waals surface area contributed by atoms with Crippen LogP contribution in [0.25, 0.3) is 0 Å². The molecule has 1 heterocycles. The first-order chi connectivity index (χ1) is 6.77. The molecule has 0 fully saturated rings. The van der Waals surface area contributed by atoms with E-state index in [1.807, 2.05) is 18.2 Å². The number of aromatic nitrogens is 1. The van der Waals surface area contributed by atoms with Gasteiger partial charge in [0.2, 0.25) is 0 Å². The Hall–Kier alpha value is -0.890. The Bertz CT molecular complexity index is 244. The minimum Gasteiger partial charge on any atom is -0.392 e. The van der Waals surface area contributed by atoms with Gasteiger partial charge in [-0.15, -0.1) is 0 Å². The van der Waals surface area contributed by atoms with Crippen LogP contribution in [0.2, 0.25) is 0 Å². The van der Waals surface area contributed by atoms with Gasteiger partial charge in [0.05, 0.1) is 6.10 Å². The monoisotopic (exact) mass is 193 g/mol. The predicted octanol–water partition coefficient (Wildman–Crippen LogP) is 2.42. The summed E-state index contributed by atoms with van der Waals surface area (Å²) < 4.78 is 0. The zero-order valence-corrected chi connectivity index (χ0v) is 8.98. The minimum atomic E-state index is -0.250. The molecule has 78 valence electrons. The fourth-order valence-corrected chi connectivity index (χ4v) is 1.73. The molecule has 0 saturated heterocycles. The fraction of sp³-hybridized carbons (Fsp3) is 0.583. The molecule has 0 aliphatic heterocycles. The molecule has 14 heavy (non-hydrogen) atoms. The summed E-state index contributed by atoms with van der Waals surface area (Å²) in [6, 6.07) is 5.82. The van der Waals surface area contributed by atoms with Crippen molar-refractivity contribution in [2.45, 2.75) is 39.2 Å². The van der Waals surface area contributed by atoms with E-state index in [1.54, 1.807) is 6.20 Å². The highest BCUT2D eigenvalue weighted by molar-refractivity contribution is 5.04. The number of nitrogens with zero attached hydrogens (tertiary/aromatic N) is 1. The largest absolute Gasteiger partial charge is 0.392 e. The van der Waals surface area contributed by atoms with E-state index in [-0.39, 0.29) is 6.10 Å². The van der Waals surface area contributed by atoms with Crippen molar-refractivity contribution in [3.05, 3.63) is 30.1 Å². The summed E-state index contributed by atoms with van der Waals surface area (Å²) in [5, 5.41) is 9.92. The van der Waals surface area contributed by atoms with Gasteiger partial charge in [0, 0.05) is 18.3 Å². The van der Waals surface area contributed by atoms with E-state index in [0.29, 0.717) is 12.3 Å². The van der Waals surface area contributed by atoms with E-state index in [2.05, 4.69) is 18.8 Å². The predicted molar refractivity (Wildman–Crippen MR) is 58.0 cm³/mol. The highest BCUT2D eigenvalue weighted by atomic mass is 16.3. The highest BCUT2D eigenvalue weighted by Crippen LogP contribution is 2.16. The summed E-state index contributed by atoms with van der Waals surface area (Å²) in [6.45, 7) is 4.24. The molecule has 0 bridgehead atoms. The summed E-state index contributed by atoms with van der Waals surface area (Å²) >= 11 is 0. The summed E-state index contributed by atoms with van der Waals surface area (Å²) in [6.07, 6.45) is 4.26. The van der Waals surface area contributed by atoms with Crippen molar-refractivity contribution in [3.8, 4) is 0 Å². The molecule has 0 aromatic carbocycles. The summed E-state index contributed by atoms with van der Waals surface area (Å²) in [5.74, 6) is 0.400. The molecule has 0 spiro atoms. The van der Waals surface area contributed by atoms with Crippen molar-refractivity contribution in [2.24, 2.45) is 5.92 Å². The molecular formula is C12H19NO. The molecule has 1 unspecified atom stereocenters. The normalized spacial score (nSPS) is 13.1. The maximum absolute atomic E-state index is 9.92.